The van der Waals surface area contributed by atoms with Crippen LogP contribution in [0.1, 0.15) is 31.5 Å². The molecule has 0 aliphatic heterocycles. The molecule has 3 aromatic rings. The Balaban J connectivity index is 1.60. The fraction of sp³-hybridized carbons (Fsp3) is 0.118. The molecule has 2 aromatic heterocycles. The fourth-order valence-electron chi connectivity index (χ4n) is 2.13. The molecule has 2 heterocycles. The number of rotatable bonds is 6. The Morgan fingerprint density at radius 1 is 1.04 bits per heavy atom. The van der Waals surface area contributed by atoms with Crippen LogP contribution in [0.4, 0.5) is 4.39 Å². The predicted molar refractivity (Wildman–Crippen MR) is 94.6 cm³/mol. The molecule has 2 amide bonds. The van der Waals surface area contributed by atoms with Gasteiger partial charge in [0, 0.05) is 24.2 Å². The van der Waals surface area contributed by atoms with Crippen molar-refractivity contribution >= 4 is 23.2 Å². The lowest BCUT2D eigenvalue weighted by Gasteiger charge is -2.07. The monoisotopic (exact) mass is 387 g/mol. The van der Waals surface area contributed by atoms with Gasteiger partial charge in [0.25, 0.3) is 11.8 Å². The van der Waals surface area contributed by atoms with E-state index in [1.165, 1.54) is 29.5 Å². The third kappa shape index (κ3) is 4.82. The number of aromatic hydroxyl groups is 1. The van der Waals surface area contributed by atoms with Gasteiger partial charge < -0.3 is 15.7 Å². The van der Waals surface area contributed by atoms with Gasteiger partial charge in [-0.3, -0.25) is 9.59 Å². The lowest BCUT2D eigenvalue weighted by Crippen LogP contribution is -2.27. The Morgan fingerprint density at radius 2 is 1.74 bits per heavy atom. The number of phenols is 1. The van der Waals surface area contributed by atoms with E-state index in [1.54, 1.807) is 11.6 Å². The molecule has 0 aliphatic carbocycles. The van der Waals surface area contributed by atoms with Crippen molar-refractivity contribution in [1.29, 1.82) is 0 Å². The Labute approximate surface area is 157 Å². The maximum atomic E-state index is 13.0. The summed E-state index contributed by atoms with van der Waals surface area (Å²) in [5, 5.41) is 17.1. The quantitative estimate of drug-likeness (QED) is 0.592. The third-order valence-electron chi connectivity index (χ3n) is 3.48. The van der Waals surface area contributed by atoms with Crippen LogP contribution < -0.4 is 10.6 Å². The molecule has 0 aliphatic rings. The van der Waals surface area contributed by atoms with E-state index >= 15 is 0 Å². The molecule has 0 spiro atoms. The number of hydrogen-bond donors (Lipinski definition) is 3. The van der Waals surface area contributed by atoms with Gasteiger partial charge in [-0.1, -0.05) is 6.07 Å². The molecular formula is C17H14FN5O3S. The number of aromatic nitrogens is 3. The van der Waals surface area contributed by atoms with Crippen molar-refractivity contribution in [3.8, 4) is 5.75 Å². The zero-order valence-electron chi connectivity index (χ0n) is 13.8. The van der Waals surface area contributed by atoms with Crippen LogP contribution >= 0.6 is 11.3 Å². The number of halogens is 1. The normalized spacial score (nSPS) is 10.4. The van der Waals surface area contributed by atoms with E-state index < -0.39 is 23.4 Å². The van der Waals surface area contributed by atoms with Crippen LogP contribution in [0.3, 0.4) is 0 Å². The molecule has 0 fully saturated rings. The smallest absolute Gasteiger partial charge is 0.270 e. The second kappa shape index (κ2) is 8.32. The van der Waals surface area contributed by atoms with Crippen molar-refractivity contribution in [2.24, 2.45) is 0 Å². The minimum absolute atomic E-state index is 0.00994. The standard InChI is InChI=1S/C17H14FN5O3S/c18-11-2-1-10(5-14(11)24)7-20-16(25)12-6-13(23-9-22-12)17(26)21-8-15-19-3-4-27-15/h1-6,9,24H,7-8H2,(H,20,25)(H,21,26). The predicted octanol–water partition coefficient (Wildman–Crippen LogP) is 1.64. The Kier molecular flexibility index (Phi) is 5.67. The number of nitrogens with one attached hydrogen (secondary N) is 2. The van der Waals surface area contributed by atoms with Crippen molar-refractivity contribution in [3.05, 3.63) is 69.9 Å². The Morgan fingerprint density at radius 3 is 2.37 bits per heavy atom. The molecule has 0 radical (unpaired) electrons. The topological polar surface area (TPSA) is 117 Å². The number of benzene rings is 1. The van der Waals surface area contributed by atoms with Gasteiger partial charge in [-0.25, -0.2) is 19.3 Å². The summed E-state index contributed by atoms with van der Waals surface area (Å²) < 4.78 is 13.0. The zero-order chi connectivity index (χ0) is 19.2. The van der Waals surface area contributed by atoms with Crippen LogP contribution in [0.15, 0.2) is 42.2 Å². The number of nitrogens with zero attached hydrogens (tertiary/aromatic N) is 3. The van der Waals surface area contributed by atoms with E-state index in [-0.39, 0.29) is 24.5 Å². The highest BCUT2D eigenvalue weighted by atomic mass is 32.1. The maximum Gasteiger partial charge on any atom is 0.270 e. The summed E-state index contributed by atoms with van der Waals surface area (Å²) in [6, 6.07) is 5.03. The lowest BCUT2D eigenvalue weighted by atomic mass is 10.2. The van der Waals surface area contributed by atoms with Gasteiger partial charge in [0.1, 0.15) is 22.7 Å². The summed E-state index contributed by atoms with van der Waals surface area (Å²) in [6.45, 7) is 0.318. The van der Waals surface area contributed by atoms with Crippen molar-refractivity contribution in [2.75, 3.05) is 0 Å². The van der Waals surface area contributed by atoms with Crippen LogP contribution in [-0.4, -0.2) is 31.9 Å². The molecule has 0 saturated carbocycles. The highest BCUT2D eigenvalue weighted by Gasteiger charge is 2.13. The Bertz CT molecular complexity index is 965. The van der Waals surface area contributed by atoms with Crippen LogP contribution in [0.25, 0.3) is 0 Å². The summed E-state index contributed by atoms with van der Waals surface area (Å²) >= 11 is 1.41. The first-order valence-corrected chi connectivity index (χ1v) is 8.65. The van der Waals surface area contributed by atoms with Crippen LogP contribution in [-0.2, 0) is 13.1 Å². The first kappa shape index (κ1) is 18.4. The molecule has 10 heteroatoms. The third-order valence-corrected chi connectivity index (χ3v) is 4.26. The van der Waals surface area contributed by atoms with E-state index in [0.717, 1.165) is 17.4 Å². The number of amides is 2. The van der Waals surface area contributed by atoms with Crippen LogP contribution in [0.5, 0.6) is 5.75 Å². The average molecular weight is 387 g/mol. The van der Waals surface area contributed by atoms with E-state index in [9.17, 15) is 19.1 Å². The van der Waals surface area contributed by atoms with Crippen LogP contribution in [0, 0.1) is 5.82 Å². The van der Waals surface area contributed by atoms with Crippen LogP contribution in [0.2, 0.25) is 0 Å². The molecule has 0 atom stereocenters. The molecule has 138 valence electrons. The second-order valence-corrected chi connectivity index (χ2v) is 6.34. The number of thiazole rings is 1. The highest BCUT2D eigenvalue weighted by molar-refractivity contribution is 7.09. The highest BCUT2D eigenvalue weighted by Crippen LogP contribution is 2.16. The summed E-state index contributed by atoms with van der Waals surface area (Å²) in [5.74, 6) is -2.22. The molecule has 8 nitrogen and oxygen atoms in total. The minimum Gasteiger partial charge on any atom is -0.505 e. The summed E-state index contributed by atoms with van der Waals surface area (Å²) in [5.41, 5.74) is 0.569. The number of hydrogen-bond acceptors (Lipinski definition) is 7. The maximum absolute atomic E-state index is 13.0. The summed E-state index contributed by atoms with van der Waals surface area (Å²) in [4.78, 5) is 36.1. The van der Waals surface area contributed by atoms with Crippen molar-refractivity contribution in [3.63, 3.8) is 0 Å². The molecule has 27 heavy (non-hydrogen) atoms. The fourth-order valence-corrected chi connectivity index (χ4v) is 2.69. The van der Waals surface area contributed by atoms with E-state index in [4.69, 9.17) is 0 Å². The van der Waals surface area contributed by atoms with Crippen molar-refractivity contribution < 1.29 is 19.1 Å². The molecule has 0 unspecified atom stereocenters. The number of phenolic OH excluding ortho intramolecular Hbond substituents is 1. The first-order chi connectivity index (χ1) is 13.0. The second-order valence-electron chi connectivity index (χ2n) is 5.37. The SMILES string of the molecule is O=C(NCc1ccc(F)c(O)c1)c1cc(C(=O)NCc2nccs2)ncn1. The van der Waals surface area contributed by atoms with Gasteiger partial charge in [0.2, 0.25) is 0 Å². The van der Waals surface area contributed by atoms with E-state index in [1.807, 2.05) is 0 Å². The van der Waals surface area contributed by atoms with Crippen molar-refractivity contribution in [1.82, 2.24) is 25.6 Å². The molecule has 0 saturated heterocycles. The number of carbonyl (C=O) groups is 2. The van der Waals surface area contributed by atoms with Gasteiger partial charge in [0.05, 0.1) is 6.54 Å². The first-order valence-electron chi connectivity index (χ1n) is 7.77. The molecule has 3 N–H and O–H groups in total. The van der Waals surface area contributed by atoms with Gasteiger partial charge >= 0.3 is 0 Å². The van der Waals surface area contributed by atoms with Gasteiger partial charge in [-0.05, 0) is 17.7 Å². The number of carbonyl (C=O) groups excluding carboxylic acids is 2. The van der Waals surface area contributed by atoms with Crippen molar-refractivity contribution in [2.45, 2.75) is 13.1 Å². The summed E-state index contributed by atoms with van der Waals surface area (Å²) in [6.07, 6.45) is 2.76. The Hall–Kier alpha value is -3.40. The molecule has 1 aromatic carbocycles. The molecule has 0 bridgehead atoms. The van der Waals surface area contributed by atoms with E-state index in [2.05, 4.69) is 25.6 Å². The van der Waals surface area contributed by atoms with Gasteiger partial charge in [-0.2, -0.15) is 0 Å². The molecular weight excluding hydrogens is 373 g/mol. The zero-order valence-corrected chi connectivity index (χ0v) is 14.7. The average Bonchev–Trinajstić information content (AvgIpc) is 3.20. The molecule has 3 rings (SSSR count). The lowest BCUT2D eigenvalue weighted by molar-refractivity contribution is 0.0944. The largest absolute Gasteiger partial charge is 0.505 e. The summed E-state index contributed by atoms with van der Waals surface area (Å²) in [7, 11) is 0. The van der Waals surface area contributed by atoms with Gasteiger partial charge in [0.15, 0.2) is 11.6 Å². The van der Waals surface area contributed by atoms with Gasteiger partial charge in [-0.15, -0.1) is 11.3 Å². The van der Waals surface area contributed by atoms with E-state index in [0.29, 0.717) is 5.56 Å². The minimum atomic E-state index is -0.741.